The van der Waals surface area contributed by atoms with Crippen molar-refractivity contribution in [1.29, 1.82) is 0 Å². The summed E-state index contributed by atoms with van der Waals surface area (Å²) in [7, 11) is -1.94. The number of rotatable bonds is 4. The van der Waals surface area contributed by atoms with Crippen LogP contribution in [0.4, 0.5) is 0 Å². The van der Waals surface area contributed by atoms with Gasteiger partial charge in [-0.05, 0) is 20.8 Å². The Labute approximate surface area is 111 Å². The summed E-state index contributed by atoms with van der Waals surface area (Å²) in [4.78, 5) is 4.14. The Morgan fingerprint density at radius 3 is 2.58 bits per heavy atom. The zero-order valence-electron chi connectivity index (χ0n) is 11.2. The summed E-state index contributed by atoms with van der Waals surface area (Å²) in [6.45, 7) is 5.08. The average molecular weight is 284 g/mol. The maximum atomic E-state index is 12.4. The monoisotopic (exact) mass is 284 g/mol. The van der Waals surface area contributed by atoms with Gasteiger partial charge in [0.1, 0.15) is 17.0 Å². The van der Waals surface area contributed by atoms with Crippen LogP contribution in [0.5, 0.6) is 0 Å². The summed E-state index contributed by atoms with van der Waals surface area (Å²) >= 11 is 0. The van der Waals surface area contributed by atoms with Crippen molar-refractivity contribution >= 4 is 10.0 Å². The summed E-state index contributed by atoms with van der Waals surface area (Å²) in [5.74, 6) is 0.461. The van der Waals surface area contributed by atoms with Crippen molar-refractivity contribution in [3.63, 3.8) is 0 Å². The number of H-pyrrole nitrogens is 1. The molecule has 0 saturated carbocycles. The molecule has 0 bridgehead atoms. The van der Waals surface area contributed by atoms with Crippen LogP contribution < -0.4 is 4.72 Å². The largest absolute Gasteiger partial charge is 0.271 e. The first-order chi connectivity index (χ1) is 8.83. The molecule has 0 aliphatic carbocycles. The molecule has 9 heteroatoms. The van der Waals surface area contributed by atoms with E-state index in [9.17, 15) is 8.42 Å². The number of nitrogens with one attached hydrogen (secondary N) is 2. The highest BCUT2D eigenvalue weighted by Gasteiger charge is 2.26. The van der Waals surface area contributed by atoms with Crippen molar-refractivity contribution < 1.29 is 8.42 Å². The molecule has 104 valence electrons. The van der Waals surface area contributed by atoms with Crippen LogP contribution in [0.2, 0.25) is 0 Å². The summed E-state index contributed by atoms with van der Waals surface area (Å²) < 4.78 is 28.8. The molecule has 0 aromatic carbocycles. The number of hydrogen-bond donors (Lipinski definition) is 2. The molecule has 2 heterocycles. The smallest absolute Gasteiger partial charge is 0.244 e. The molecule has 2 N–H and O–H groups in total. The fourth-order valence-electron chi connectivity index (χ4n) is 1.91. The number of nitrogens with zero attached hydrogens (tertiary/aromatic N) is 4. The minimum absolute atomic E-state index is 0.210. The maximum absolute atomic E-state index is 12.4. The minimum Gasteiger partial charge on any atom is -0.271 e. The molecule has 0 aliphatic heterocycles. The zero-order chi connectivity index (χ0) is 14.2. The highest BCUT2D eigenvalue weighted by atomic mass is 32.2. The van der Waals surface area contributed by atoms with Crippen molar-refractivity contribution in [3.8, 4) is 0 Å². The van der Waals surface area contributed by atoms with Crippen molar-refractivity contribution in [2.75, 3.05) is 0 Å². The first-order valence-corrected chi connectivity index (χ1v) is 7.19. The molecule has 0 spiro atoms. The number of hydrogen-bond acceptors (Lipinski definition) is 5. The summed E-state index contributed by atoms with van der Waals surface area (Å²) in [5.41, 5.74) is 1.06. The van der Waals surface area contributed by atoms with Crippen LogP contribution in [0.15, 0.2) is 11.2 Å². The van der Waals surface area contributed by atoms with E-state index in [1.54, 1.807) is 32.5 Å². The fourth-order valence-corrected chi connectivity index (χ4v) is 3.56. The van der Waals surface area contributed by atoms with Gasteiger partial charge in [-0.2, -0.15) is 10.2 Å². The van der Waals surface area contributed by atoms with Crippen LogP contribution >= 0.6 is 0 Å². The first kappa shape index (κ1) is 13.7. The Bertz CT molecular complexity index is 673. The molecular weight excluding hydrogens is 268 g/mol. The molecule has 0 radical (unpaired) electrons. The van der Waals surface area contributed by atoms with Gasteiger partial charge in [-0.25, -0.2) is 18.1 Å². The molecule has 1 atom stereocenters. The van der Waals surface area contributed by atoms with Gasteiger partial charge < -0.3 is 0 Å². The summed E-state index contributed by atoms with van der Waals surface area (Å²) in [6, 6.07) is -0.494. The van der Waals surface area contributed by atoms with Crippen molar-refractivity contribution in [3.05, 3.63) is 23.5 Å². The van der Waals surface area contributed by atoms with Crippen molar-refractivity contribution in [2.45, 2.75) is 31.7 Å². The predicted molar refractivity (Wildman–Crippen MR) is 67.8 cm³/mol. The molecule has 2 aromatic heterocycles. The van der Waals surface area contributed by atoms with E-state index in [-0.39, 0.29) is 4.90 Å². The van der Waals surface area contributed by atoms with Gasteiger partial charge in [0.05, 0.1) is 17.4 Å². The van der Waals surface area contributed by atoms with E-state index in [4.69, 9.17) is 0 Å². The lowest BCUT2D eigenvalue weighted by molar-refractivity contribution is 0.559. The normalized spacial score (nSPS) is 13.7. The van der Waals surface area contributed by atoms with Gasteiger partial charge in [0.2, 0.25) is 10.0 Å². The predicted octanol–water partition coefficient (Wildman–Crippen LogP) is 0.195. The van der Waals surface area contributed by atoms with Crippen molar-refractivity contribution in [2.24, 2.45) is 7.05 Å². The van der Waals surface area contributed by atoms with E-state index in [0.29, 0.717) is 17.2 Å². The molecule has 19 heavy (non-hydrogen) atoms. The Hall–Kier alpha value is -1.74. The van der Waals surface area contributed by atoms with Gasteiger partial charge in [0.15, 0.2) is 0 Å². The highest BCUT2D eigenvalue weighted by Crippen LogP contribution is 2.20. The third-order valence-corrected chi connectivity index (χ3v) is 4.68. The van der Waals surface area contributed by atoms with Crippen molar-refractivity contribution in [1.82, 2.24) is 29.7 Å². The lowest BCUT2D eigenvalue weighted by Crippen LogP contribution is -2.28. The zero-order valence-corrected chi connectivity index (χ0v) is 12.0. The summed E-state index contributed by atoms with van der Waals surface area (Å²) in [6.07, 6.45) is 1.33. The van der Waals surface area contributed by atoms with E-state index in [0.717, 1.165) is 0 Å². The van der Waals surface area contributed by atoms with Crippen LogP contribution in [0, 0.1) is 13.8 Å². The third kappa shape index (κ3) is 2.51. The number of sulfonamides is 1. The molecule has 2 aromatic rings. The second kappa shape index (κ2) is 4.74. The second-order valence-corrected chi connectivity index (χ2v) is 5.99. The lowest BCUT2D eigenvalue weighted by atomic mass is 10.3. The minimum atomic E-state index is -3.65. The van der Waals surface area contributed by atoms with Crippen LogP contribution in [-0.4, -0.2) is 33.4 Å². The van der Waals surface area contributed by atoms with Gasteiger partial charge in [-0.15, -0.1) is 0 Å². The molecule has 0 amide bonds. The van der Waals surface area contributed by atoms with Crippen LogP contribution in [0.3, 0.4) is 0 Å². The van der Waals surface area contributed by atoms with Crippen LogP contribution in [-0.2, 0) is 17.1 Å². The van der Waals surface area contributed by atoms with Gasteiger partial charge in [0.25, 0.3) is 0 Å². The molecule has 2 rings (SSSR count). The average Bonchev–Trinajstić information content (AvgIpc) is 2.87. The quantitative estimate of drug-likeness (QED) is 0.834. The van der Waals surface area contributed by atoms with E-state index in [1.807, 2.05) is 0 Å². The van der Waals surface area contributed by atoms with Gasteiger partial charge in [-0.1, -0.05) is 0 Å². The second-order valence-electron chi connectivity index (χ2n) is 4.34. The maximum Gasteiger partial charge on any atom is 0.244 e. The Morgan fingerprint density at radius 2 is 2.11 bits per heavy atom. The fraction of sp³-hybridized carbons (Fsp3) is 0.500. The molecule has 0 aliphatic rings. The molecule has 1 unspecified atom stereocenters. The number of aryl methyl sites for hydroxylation is 2. The third-order valence-electron chi connectivity index (χ3n) is 2.89. The van der Waals surface area contributed by atoms with E-state index < -0.39 is 16.1 Å². The van der Waals surface area contributed by atoms with E-state index >= 15 is 0 Å². The number of aromatic amines is 1. The first-order valence-electron chi connectivity index (χ1n) is 5.70. The van der Waals surface area contributed by atoms with Gasteiger partial charge in [0, 0.05) is 7.05 Å². The molecule has 0 fully saturated rings. The highest BCUT2D eigenvalue weighted by molar-refractivity contribution is 7.89. The molecule has 8 nitrogen and oxygen atoms in total. The lowest BCUT2D eigenvalue weighted by Gasteiger charge is -2.11. The SMILES string of the molecule is Cc1nn(C)c(C)c1S(=O)(=O)NC(C)c1ncn[nH]1. The van der Waals surface area contributed by atoms with Crippen LogP contribution in [0.25, 0.3) is 0 Å². The van der Waals surface area contributed by atoms with E-state index in [2.05, 4.69) is 25.0 Å². The van der Waals surface area contributed by atoms with Gasteiger partial charge in [-0.3, -0.25) is 9.78 Å². The van der Waals surface area contributed by atoms with E-state index in [1.165, 1.54) is 6.33 Å². The molecule has 0 saturated heterocycles. The standard InChI is InChI=1S/C10H16N6O2S/c1-6-9(8(3)16(4)14-6)19(17,18)15-7(2)10-11-5-12-13-10/h5,7,15H,1-4H3,(H,11,12,13). The molecular formula is C10H16N6O2S. The van der Waals surface area contributed by atoms with Gasteiger partial charge >= 0.3 is 0 Å². The Kier molecular flexibility index (Phi) is 3.42. The Morgan fingerprint density at radius 1 is 1.42 bits per heavy atom. The number of aromatic nitrogens is 5. The topological polar surface area (TPSA) is 106 Å². The van der Waals surface area contributed by atoms with Crippen LogP contribution in [0.1, 0.15) is 30.2 Å². The Balaban J connectivity index is 2.33. The summed E-state index contributed by atoms with van der Waals surface area (Å²) in [5, 5.41) is 10.4.